The van der Waals surface area contributed by atoms with Gasteiger partial charge >= 0.3 is 29.8 Å². The number of rotatable bonds is 9. The van der Waals surface area contributed by atoms with Gasteiger partial charge in [0.15, 0.2) is 11.9 Å². The van der Waals surface area contributed by atoms with E-state index in [-0.39, 0.29) is 50.5 Å². The number of aliphatic hydroxyl groups excluding tert-OH is 3. The molecule has 4 heterocycles. The van der Waals surface area contributed by atoms with Crippen molar-refractivity contribution in [3.63, 3.8) is 0 Å². The van der Waals surface area contributed by atoms with Gasteiger partial charge in [-0.1, -0.05) is 70.6 Å². The van der Waals surface area contributed by atoms with E-state index in [1.165, 1.54) is 45.3 Å². The smallest absolute Gasteiger partial charge is 0.331 e. The molecule has 0 radical (unpaired) electrons. The number of carbonyl (C=O) groups excluding carboxylic acids is 5. The monoisotopic (exact) mass is 920 g/mol. The molecule has 0 unspecified atom stereocenters. The van der Waals surface area contributed by atoms with Crippen molar-refractivity contribution in [2.45, 2.75) is 179 Å². The predicted octanol–water partition coefficient (Wildman–Crippen LogP) is 3.25. The molecule has 6 bridgehead atoms. The Morgan fingerprint density at radius 1 is 0.862 bits per heavy atom. The fourth-order valence-corrected chi connectivity index (χ4v) is 8.56. The van der Waals surface area contributed by atoms with Crippen LogP contribution in [0.3, 0.4) is 0 Å². The quantitative estimate of drug-likeness (QED) is 0.0731. The fourth-order valence-electron chi connectivity index (χ4n) is 8.56. The number of hydrogen-bond donors (Lipinski definition) is 5. The van der Waals surface area contributed by atoms with E-state index in [9.17, 15) is 49.5 Å². The molecule has 65 heavy (non-hydrogen) atoms. The largest absolute Gasteiger partial charge is 0.466 e. The SMILES string of the molecule is CC[C@@H](O)/C=C/C=C/C(=O)O[C@H]1/C(=C/C(=O)OC)C[C@H]2C[C@H]([C@@H](C)O)OC(=O)C[C@H](O)C[C@@H]3C[C@H](OC(C)=O)C(C)(C)[C@](O)(C[C@@H]4C/C(=C/C(=O)OC)C[C@H](/C=C/C(C)(C)[C@]1(O)O2)O4)O3. The highest BCUT2D eigenvalue weighted by Crippen LogP contribution is 2.50. The highest BCUT2D eigenvalue weighted by Gasteiger charge is 2.59. The number of aliphatic hydroxyl groups is 5. The first kappa shape index (κ1) is 53.3. The number of hydrogen-bond acceptors (Lipinski definition) is 18. The molecule has 0 aliphatic carbocycles. The second kappa shape index (κ2) is 22.5. The maximum atomic E-state index is 13.4. The van der Waals surface area contributed by atoms with Crippen molar-refractivity contribution in [1.82, 2.24) is 0 Å². The zero-order valence-corrected chi connectivity index (χ0v) is 38.8. The molecule has 0 aromatic rings. The number of ether oxygens (including phenoxy) is 8. The zero-order chi connectivity index (χ0) is 48.5. The Hall–Kier alpha value is -4.27. The van der Waals surface area contributed by atoms with Crippen LogP contribution in [0.5, 0.6) is 0 Å². The second-order valence-corrected chi connectivity index (χ2v) is 18.4. The van der Waals surface area contributed by atoms with Gasteiger partial charge in [-0.15, -0.1) is 0 Å². The zero-order valence-electron chi connectivity index (χ0n) is 38.8. The Labute approximate surface area is 380 Å². The lowest BCUT2D eigenvalue weighted by atomic mass is 9.70. The summed E-state index contributed by atoms with van der Waals surface area (Å²) in [5.41, 5.74) is -2.16. The third-order valence-corrected chi connectivity index (χ3v) is 12.5. The van der Waals surface area contributed by atoms with Crippen LogP contribution < -0.4 is 0 Å². The Morgan fingerprint density at radius 3 is 2.17 bits per heavy atom. The van der Waals surface area contributed by atoms with Gasteiger partial charge < -0.3 is 63.4 Å². The molecular formula is C47H68O18. The van der Waals surface area contributed by atoms with E-state index in [1.807, 2.05) is 0 Å². The van der Waals surface area contributed by atoms with Gasteiger partial charge in [-0.25, -0.2) is 14.4 Å². The maximum Gasteiger partial charge on any atom is 0.331 e. The fraction of sp³-hybridized carbons (Fsp3) is 0.681. The third kappa shape index (κ3) is 13.9. The summed E-state index contributed by atoms with van der Waals surface area (Å²) >= 11 is 0. The Kier molecular flexibility index (Phi) is 18.5. The van der Waals surface area contributed by atoms with Gasteiger partial charge in [0.1, 0.15) is 12.2 Å². The van der Waals surface area contributed by atoms with Gasteiger partial charge in [0, 0.05) is 56.3 Å². The highest BCUT2D eigenvalue weighted by molar-refractivity contribution is 5.85. The molecule has 5 N–H and O–H groups in total. The molecule has 4 aliphatic rings. The van der Waals surface area contributed by atoms with Crippen molar-refractivity contribution >= 4 is 29.8 Å². The molecule has 12 atom stereocenters. The van der Waals surface area contributed by atoms with Crippen LogP contribution >= 0.6 is 0 Å². The molecular weight excluding hydrogens is 852 g/mol. The molecule has 3 saturated heterocycles. The van der Waals surface area contributed by atoms with Gasteiger partial charge in [0.05, 0.1) is 68.8 Å². The molecule has 18 heteroatoms. The van der Waals surface area contributed by atoms with Gasteiger partial charge in [0.25, 0.3) is 0 Å². The van der Waals surface area contributed by atoms with Crippen LogP contribution in [-0.4, -0.2) is 142 Å². The summed E-state index contributed by atoms with van der Waals surface area (Å²) in [6.45, 7) is 10.9. The highest BCUT2D eigenvalue weighted by atomic mass is 16.7. The molecule has 0 spiro atoms. The average Bonchev–Trinajstić information content (AvgIpc) is 3.20. The van der Waals surface area contributed by atoms with Crippen molar-refractivity contribution < 1.29 is 87.4 Å². The standard InChI is InChI=1S/C47H68O18/c1-10-31(50)13-11-12-14-39(52)63-43-30(21-41(54)59-9)20-34-24-37(27(2)48)62-42(55)23-32(51)22-35-25-38(60-28(3)49)45(6,7)46(56,64-35)26-36-18-29(19-40(53)58-8)17-33(61-36)15-16-44(4,5)47(43,57)65-34/h11-16,19,21,27,31-38,43,48,50-51,56-57H,10,17-18,20,22-26H2,1-9H3/b13-11+,14-12+,16-15+,29-19+,30-21+/t27-,31-,32-,33+,34+,35-,36+,37-,38+,43+,46+,47-/m1/s1. The lowest BCUT2D eigenvalue weighted by Crippen LogP contribution is -2.62. The first-order valence-corrected chi connectivity index (χ1v) is 22.0. The predicted molar refractivity (Wildman–Crippen MR) is 230 cm³/mol. The van der Waals surface area contributed by atoms with E-state index in [1.54, 1.807) is 46.8 Å². The summed E-state index contributed by atoms with van der Waals surface area (Å²) in [5, 5.41) is 57.4. The van der Waals surface area contributed by atoms with Crippen molar-refractivity contribution in [2.24, 2.45) is 10.8 Å². The summed E-state index contributed by atoms with van der Waals surface area (Å²) in [6, 6.07) is 0. The number of methoxy groups -OCH3 is 2. The van der Waals surface area contributed by atoms with Crippen LogP contribution in [0.15, 0.2) is 59.8 Å². The molecule has 18 nitrogen and oxygen atoms in total. The number of esters is 5. The maximum absolute atomic E-state index is 13.4. The molecule has 0 aromatic heterocycles. The first-order valence-electron chi connectivity index (χ1n) is 22.0. The summed E-state index contributed by atoms with van der Waals surface area (Å²) in [4.78, 5) is 64.7. The average molecular weight is 921 g/mol. The summed E-state index contributed by atoms with van der Waals surface area (Å²) in [7, 11) is 2.38. The Balaban J connectivity index is 1.89. The minimum Gasteiger partial charge on any atom is -0.466 e. The second-order valence-electron chi connectivity index (χ2n) is 18.4. The number of carbonyl (C=O) groups is 5. The van der Waals surface area contributed by atoms with Crippen molar-refractivity contribution in [1.29, 1.82) is 0 Å². The van der Waals surface area contributed by atoms with Crippen molar-refractivity contribution in [3.8, 4) is 0 Å². The molecule has 364 valence electrons. The van der Waals surface area contributed by atoms with E-state index in [4.69, 9.17) is 37.9 Å². The Bertz CT molecular complexity index is 1860. The van der Waals surface area contributed by atoms with Crippen LogP contribution in [0.4, 0.5) is 0 Å². The van der Waals surface area contributed by atoms with E-state index >= 15 is 0 Å². The van der Waals surface area contributed by atoms with Crippen molar-refractivity contribution in [2.75, 3.05) is 14.2 Å². The lowest BCUT2D eigenvalue weighted by molar-refractivity contribution is -0.348. The molecule has 3 fully saturated rings. The molecule has 4 rings (SSSR count). The Morgan fingerprint density at radius 2 is 1.54 bits per heavy atom. The van der Waals surface area contributed by atoms with Crippen LogP contribution in [0.2, 0.25) is 0 Å². The third-order valence-electron chi connectivity index (χ3n) is 12.5. The number of allylic oxidation sites excluding steroid dienone is 2. The normalized spacial score (nSPS) is 35.9. The van der Waals surface area contributed by atoms with E-state index in [0.717, 1.165) is 19.3 Å². The molecule has 4 aliphatic heterocycles. The topological polar surface area (TPSA) is 260 Å². The number of fused-ring (bicyclic) bond motifs is 6. The van der Waals surface area contributed by atoms with Gasteiger partial charge in [0.2, 0.25) is 5.79 Å². The van der Waals surface area contributed by atoms with E-state index in [0.29, 0.717) is 12.0 Å². The van der Waals surface area contributed by atoms with E-state index < -0.39 is 120 Å². The molecule has 0 aromatic carbocycles. The van der Waals surface area contributed by atoms with Gasteiger partial charge in [-0.2, -0.15) is 0 Å². The minimum absolute atomic E-state index is 0.0623. The van der Waals surface area contributed by atoms with Crippen LogP contribution in [0, 0.1) is 10.8 Å². The van der Waals surface area contributed by atoms with Gasteiger partial charge in [-0.05, 0) is 38.2 Å². The van der Waals surface area contributed by atoms with Crippen LogP contribution in [0.25, 0.3) is 0 Å². The summed E-state index contributed by atoms with van der Waals surface area (Å²) in [5.74, 6) is -8.52. The van der Waals surface area contributed by atoms with E-state index in [2.05, 4.69) is 0 Å². The molecule has 0 saturated carbocycles. The minimum atomic E-state index is -2.51. The first-order chi connectivity index (χ1) is 30.3. The molecule has 0 amide bonds. The summed E-state index contributed by atoms with van der Waals surface area (Å²) in [6.07, 6.45) is -0.770. The number of cyclic esters (lactones) is 1. The van der Waals surface area contributed by atoms with Crippen LogP contribution in [0.1, 0.15) is 106 Å². The van der Waals surface area contributed by atoms with Gasteiger partial charge in [-0.3, -0.25) is 9.59 Å². The van der Waals surface area contributed by atoms with Crippen LogP contribution in [-0.2, 0) is 61.9 Å². The van der Waals surface area contributed by atoms with Crippen molar-refractivity contribution in [3.05, 3.63) is 59.8 Å². The summed E-state index contributed by atoms with van der Waals surface area (Å²) < 4.78 is 46.6. The lowest BCUT2D eigenvalue weighted by Gasteiger charge is -2.53.